The molecule has 0 amide bonds. The van der Waals surface area contributed by atoms with Gasteiger partial charge < -0.3 is 4.57 Å². The van der Waals surface area contributed by atoms with Gasteiger partial charge in [-0.15, -0.1) is 0 Å². The van der Waals surface area contributed by atoms with Crippen LogP contribution in [0.1, 0.15) is 0 Å². The molecule has 1 N–H and O–H groups in total. The van der Waals surface area contributed by atoms with E-state index in [0.29, 0.717) is 5.69 Å². The van der Waals surface area contributed by atoms with Gasteiger partial charge in [0.2, 0.25) is 0 Å². The van der Waals surface area contributed by atoms with Gasteiger partial charge in [0.05, 0.1) is 10.6 Å². The molecule has 0 saturated carbocycles. The summed E-state index contributed by atoms with van der Waals surface area (Å²) < 4.78 is 42.4. The fraction of sp³-hybridized carbons (Fsp3) is 0.118. The highest BCUT2D eigenvalue weighted by Gasteiger charge is 2.17. The molecule has 2 heterocycles. The Balaban J connectivity index is 1.56. The second kappa shape index (κ2) is 6.20. The van der Waals surface area contributed by atoms with Crippen LogP contribution in [0.2, 0.25) is 0 Å². The van der Waals surface area contributed by atoms with Crippen molar-refractivity contribution in [1.29, 1.82) is 0 Å². The van der Waals surface area contributed by atoms with Gasteiger partial charge in [-0.3, -0.25) is 4.72 Å². The first kappa shape index (κ1) is 16.2. The average Bonchev–Trinajstić information content (AvgIpc) is 3.17. The third kappa shape index (κ3) is 3.27. The molecule has 1 aliphatic heterocycles. The summed E-state index contributed by atoms with van der Waals surface area (Å²) in [4.78, 5) is 4.46. The molecular weight excluding hydrogens is 361 g/mol. The predicted molar refractivity (Wildman–Crippen MR) is 95.6 cm³/mol. The van der Waals surface area contributed by atoms with E-state index in [-0.39, 0.29) is 4.90 Å². The van der Waals surface area contributed by atoms with Gasteiger partial charge in [0.1, 0.15) is 5.82 Å². The zero-order valence-corrected chi connectivity index (χ0v) is 14.6. The highest BCUT2D eigenvalue weighted by molar-refractivity contribution is 7.99. The molecule has 4 rings (SSSR count). The zero-order valence-electron chi connectivity index (χ0n) is 13.0. The maximum Gasteiger partial charge on any atom is 0.261 e. The number of aromatic nitrogens is 2. The van der Waals surface area contributed by atoms with Gasteiger partial charge in [0.15, 0.2) is 5.16 Å². The van der Waals surface area contributed by atoms with Crippen LogP contribution in [0, 0.1) is 5.82 Å². The van der Waals surface area contributed by atoms with E-state index in [2.05, 4.69) is 14.3 Å². The lowest BCUT2D eigenvalue weighted by Gasteiger charge is -2.08. The van der Waals surface area contributed by atoms with Crippen LogP contribution in [0.4, 0.5) is 10.1 Å². The maximum absolute atomic E-state index is 13.2. The summed E-state index contributed by atoms with van der Waals surface area (Å²) in [5.41, 5.74) is 2.19. The standard InChI is InChI=1S/C17H14FN3O2S2/c18-13-2-1-3-15(10-13)25(22,23)20-14-6-4-12(5-7-14)16-11-21-8-9-24-17(21)19-16/h1-7,10-11,20H,8-9H2. The second-order valence-electron chi connectivity index (χ2n) is 5.59. The molecule has 0 atom stereocenters. The quantitative estimate of drug-likeness (QED) is 0.757. The Labute approximate surface area is 149 Å². The number of hydrogen-bond acceptors (Lipinski definition) is 4. The molecule has 5 nitrogen and oxygen atoms in total. The van der Waals surface area contributed by atoms with Crippen molar-refractivity contribution in [3.63, 3.8) is 0 Å². The summed E-state index contributed by atoms with van der Waals surface area (Å²) in [6.45, 7) is 0.957. The number of thioether (sulfide) groups is 1. The SMILES string of the molecule is O=S(=O)(Nc1ccc(-c2cn3c(n2)SCC3)cc1)c1cccc(F)c1. The minimum absolute atomic E-state index is 0.112. The molecule has 1 aliphatic rings. The summed E-state index contributed by atoms with van der Waals surface area (Å²) >= 11 is 1.72. The van der Waals surface area contributed by atoms with Gasteiger partial charge >= 0.3 is 0 Å². The maximum atomic E-state index is 13.2. The summed E-state index contributed by atoms with van der Waals surface area (Å²) in [5.74, 6) is 0.451. The Morgan fingerprint density at radius 3 is 2.68 bits per heavy atom. The van der Waals surface area contributed by atoms with Crippen LogP contribution >= 0.6 is 11.8 Å². The topological polar surface area (TPSA) is 64.0 Å². The molecule has 1 aromatic heterocycles. The fourth-order valence-electron chi connectivity index (χ4n) is 2.61. The fourth-order valence-corrected chi connectivity index (χ4v) is 4.64. The smallest absolute Gasteiger partial charge is 0.261 e. The van der Waals surface area contributed by atoms with E-state index < -0.39 is 15.8 Å². The van der Waals surface area contributed by atoms with Crippen molar-refractivity contribution in [2.75, 3.05) is 10.5 Å². The second-order valence-corrected chi connectivity index (χ2v) is 8.34. The molecule has 2 aromatic carbocycles. The summed E-state index contributed by atoms with van der Waals surface area (Å²) in [6.07, 6.45) is 2.00. The summed E-state index contributed by atoms with van der Waals surface area (Å²) in [6, 6.07) is 11.9. The molecule has 0 bridgehead atoms. The van der Waals surface area contributed by atoms with Crippen molar-refractivity contribution in [3.05, 3.63) is 60.5 Å². The van der Waals surface area contributed by atoms with Gasteiger partial charge in [-0.25, -0.2) is 17.8 Å². The third-order valence-electron chi connectivity index (χ3n) is 3.84. The summed E-state index contributed by atoms with van der Waals surface area (Å²) in [5, 5.41) is 1.01. The first-order chi connectivity index (χ1) is 12.0. The van der Waals surface area contributed by atoms with Gasteiger partial charge in [-0.2, -0.15) is 0 Å². The van der Waals surface area contributed by atoms with E-state index in [1.165, 1.54) is 18.2 Å². The predicted octanol–water partition coefficient (Wildman–Crippen LogP) is 3.60. The minimum atomic E-state index is -3.82. The highest BCUT2D eigenvalue weighted by atomic mass is 32.2. The number of sulfonamides is 1. The number of anilines is 1. The molecule has 3 aromatic rings. The largest absolute Gasteiger partial charge is 0.325 e. The zero-order chi connectivity index (χ0) is 17.4. The van der Waals surface area contributed by atoms with Crippen molar-refractivity contribution in [1.82, 2.24) is 9.55 Å². The first-order valence-corrected chi connectivity index (χ1v) is 10.1. The number of nitrogens with one attached hydrogen (secondary N) is 1. The molecule has 0 spiro atoms. The Hall–Kier alpha value is -2.32. The molecule has 8 heteroatoms. The molecule has 0 aliphatic carbocycles. The number of hydrogen-bond donors (Lipinski definition) is 1. The Morgan fingerprint density at radius 1 is 1.16 bits per heavy atom. The lowest BCUT2D eigenvalue weighted by Crippen LogP contribution is -2.13. The van der Waals surface area contributed by atoms with Crippen LogP contribution in [-0.4, -0.2) is 23.7 Å². The van der Waals surface area contributed by atoms with Crippen molar-refractivity contribution in [2.24, 2.45) is 0 Å². The number of nitrogens with zero attached hydrogens (tertiary/aromatic N) is 2. The normalized spacial score (nSPS) is 13.6. The molecule has 128 valence electrons. The van der Waals surface area contributed by atoms with E-state index in [4.69, 9.17) is 0 Å². The molecule has 0 saturated heterocycles. The Kier molecular flexibility index (Phi) is 4.01. The number of halogens is 1. The van der Waals surface area contributed by atoms with E-state index >= 15 is 0 Å². The number of imidazole rings is 1. The van der Waals surface area contributed by atoms with Crippen LogP contribution in [0.5, 0.6) is 0 Å². The van der Waals surface area contributed by atoms with Crippen molar-refractivity contribution in [3.8, 4) is 11.3 Å². The van der Waals surface area contributed by atoms with Gasteiger partial charge in [0.25, 0.3) is 10.0 Å². The molecule has 0 radical (unpaired) electrons. The van der Waals surface area contributed by atoms with Crippen molar-refractivity contribution in [2.45, 2.75) is 16.6 Å². The number of fused-ring (bicyclic) bond motifs is 1. The minimum Gasteiger partial charge on any atom is -0.325 e. The van der Waals surface area contributed by atoms with Crippen molar-refractivity contribution < 1.29 is 12.8 Å². The summed E-state index contributed by atoms with van der Waals surface area (Å²) in [7, 11) is -3.82. The van der Waals surface area contributed by atoms with Crippen LogP contribution in [-0.2, 0) is 16.6 Å². The average molecular weight is 375 g/mol. The third-order valence-corrected chi connectivity index (χ3v) is 6.19. The van der Waals surface area contributed by atoms with E-state index in [9.17, 15) is 12.8 Å². The lowest BCUT2D eigenvalue weighted by molar-refractivity contribution is 0.595. The molecule has 0 unspecified atom stereocenters. The van der Waals surface area contributed by atoms with Crippen LogP contribution in [0.15, 0.2) is 64.8 Å². The van der Waals surface area contributed by atoms with Gasteiger partial charge in [0, 0.05) is 29.7 Å². The van der Waals surface area contributed by atoms with Crippen LogP contribution in [0.3, 0.4) is 0 Å². The lowest BCUT2D eigenvalue weighted by atomic mass is 10.1. The first-order valence-electron chi connectivity index (χ1n) is 7.60. The van der Waals surface area contributed by atoms with Crippen LogP contribution < -0.4 is 4.72 Å². The molecular formula is C17H14FN3O2S2. The molecule has 0 fully saturated rings. The highest BCUT2D eigenvalue weighted by Crippen LogP contribution is 2.29. The molecule has 25 heavy (non-hydrogen) atoms. The van der Waals surface area contributed by atoms with E-state index in [1.54, 1.807) is 23.9 Å². The van der Waals surface area contributed by atoms with Gasteiger partial charge in [-0.05, 0) is 30.3 Å². The van der Waals surface area contributed by atoms with Crippen molar-refractivity contribution >= 4 is 27.5 Å². The Bertz CT molecular complexity index is 1010. The van der Waals surface area contributed by atoms with Gasteiger partial charge in [-0.1, -0.05) is 30.0 Å². The number of aryl methyl sites for hydroxylation is 1. The number of rotatable bonds is 4. The Morgan fingerprint density at radius 2 is 1.96 bits per heavy atom. The van der Waals surface area contributed by atoms with E-state index in [1.807, 2.05) is 18.3 Å². The monoisotopic (exact) mass is 375 g/mol. The van der Waals surface area contributed by atoms with Crippen LogP contribution in [0.25, 0.3) is 11.3 Å². The van der Waals surface area contributed by atoms with E-state index in [0.717, 1.165) is 34.8 Å². The number of benzene rings is 2.